The lowest BCUT2D eigenvalue weighted by atomic mass is 9.95. The van der Waals surface area contributed by atoms with Crippen molar-refractivity contribution in [1.82, 2.24) is 5.32 Å². The number of hydrogen-bond acceptors (Lipinski definition) is 3. The van der Waals surface area contributed by atoms with Gasteiger partial charge in [0.2, 0.25) is 5.91 Å². The molecule has 0 saturated carbocycles. The van der Waals surface area contributed by atoms with Crippen LogP contribution in [0.3, 0.4) is 0 Å². The van der Waals surface area contributed by atoms with Gasteiger partial charge >= 0.3 is 0 Å². The zero-order valence-electron chi connectivity index (χ0n) is 10.9. The third kappa shape index (κ3) is 3.09. The molecule has 2 atom stereocenters. The van der Waals surface area contributed by atoms with Crippen LogP contribution in [0.1, 0.15) is 20.3 Å². The average molecular weight is 248 g/mol. The largest absolute Gasteiger partial charge is 0.377 e. The Hall–Kier alpha value is -1.39. The van der Waals surface area contributed by atoms with Gasteiger partial charge in [-0.3, -0.25) is 4.79 Å². The summed E-state index contributed by atoms with van der Waals surface area (Å²) < 4.78 is 5.52. The number of carbonyl (C=O) groups excluding carboxylic acids is 1. The molecular weight excluding hydrogens is 228 g/mol. The standard InChI is InChI=1S/C14H20N2O2/c1-11-14(2,8-9-18-11)15-10-13(17)16-12-6-4-3-5-7-12/h3-7,11,15H,8-10H2,1-2H3,(H,16,17). The minimum absolute atomic E-state index is 0.0264. The monoisotopic (exact) mass is 248 g/mol. The number of anilines is 1. The number of amides is 1. The lowest BCUT2D eigenvalue weighted by molar-refractivity contribution is -0.115. The van der Waals surface area contributed by atoms with Crippen LogP contribution >= 0.6 is 0 Å². The average Bonchev–Trinajstić information content (AvgIpc) is 2.69. The van der Waals surface area contributed by atoms with E-state index in [1.54, 1.807) is 0 Å². The highest BCUT2D eigenvalue weighted by atomic mass is 16.5. The third-order valence-corrected chi connectivity index (χ3v) is 3.60. The molecule has 0 radical (unpaired) electrons. The first-order valence-corrected chi connectivity index (χ1v) is 6.32. The van der Waals surface area contributed by atoms with Crippen LogP contribution in [-0.2, 0) is 9.53 Å². The summed E-state index contributed by atoms with van der Waals surface area (Å²) in [6, 6.07) is 9.48. The van der Waals surface area contributed by atoms with Crippen molar-refractivity contribution in [3.63, 3.8) is 0 Å². The van der Waals surface area contributed by atoms with E-state index in [0.717, 1.165) is 18.7 Å². The Morgan fingerprint density at radius 3 is 2.78 bits per heavy atom. The number of carbonyl (C=O) groups is 1. The van der Waals surface area contributed by atoms with Gasteiger partial charge in [0.25, 0.3) is 0 Å². The number of ether oxygens (including phenoxy) is 1. The summed E-state index contributed by atoms with van der Waals surface area (Å²) in [5, 5.41) is 6.15. The molecule has 2 rings (SSSR count). The van der Waals surface area contributed by atoms with Gasteiger partial charge in [0.05, 0.1) is 12.6 Å². The van der Waals surface area contributed by atoms with Crippen LogP contribution < -0.4 is 10.6 Å². The fourth-order valence-corrected chi connectivity index (χ4v) is 2.08. The van der Waals surface area contributed by atoms with Crippen LogP contribution in [0.25, 0.3) is 0 Å². The van der Waals surface area contributed by atoms with Crippen LogP contribution in [0.5, 0.6) is 0 Å². The molecule has 1 fully saturated rings. The molecule has 2 N–H and O–H groups in total. The fraction of sp³-hybridized carbons (Fsp3) is 0.500. The van der Waals surface area contributed by atoms with E-state index in [1.165, 1.54) is 0 Å². The highest BCUT2D eigenvalue weighted by Gasteiger charge is 2.36. The van der Waals surface area contributed by atoms with Crippen molar-refractivity contribution >= 4 is 11.6 Å². The first kappa shape index (κ1) is 13.1. The van der Waals surface area contributed by atoms with Crippen LogP contribution in [0, 0.1) is 0 Å². The topological polar surface area (TPSA) is 50.4 Å². The summed E-state index contributed by atoms with van der Waals surface area (Å²) in [6.07, 6.45) is 1.08. The molecule has 0 aromatic heterocycles. The lowest BCUT2D eigenvalue weighted by Gasteiger charge is -2.28. The maximum absolute atomic E-state index is 11.8. The molecule has 1 saturated heterocycles. The highest BCUT2D eigenvalue weighted by Crippen LogP contribution is 2.24. The van der Waals surface area contributed by atoms with Crippen LogP contribution in [0.2, 0.25) is 0 Å². The minimum Gasteiger partial charge on any atom is -0.377 e. The van der Waals surface area contributed by atoms with Gasteiger partial charge in [0, 0.05) is 17.8 Å². The smallest absolute Gasteiger partial charge is 0.238 e. The molecule has 1 aromatic rings. The van der Waals surface area contributed by atoms with Crippen LogP contribution in [-0.4, -0.2) is 30.7 Å². The van der Waals surface area contributed by atoms with Crippen LogP contribution in [0.4, 0.5) is 5.69 Å². The van der Waals surface area contributed by atoms with E-state index < -0.39 is 0 Å². The first-order valence-electron chi connectivity index (χ1n) is 6.32. The van der Waals surface area contributed by atoms with Crippen molar-refractivity contribution in [3.05, 3.63) is 30.3 Å². The van der Waals surface area contributed by atoms with Gasteiger partial charge in [0.1, 0.15) is 0 Å². The van der Waals surface area contributed by atoms with Crippen molar-refractivity contribution in [2.75, 3.05) is 18.5 Å². The summed E-state index contributed by atoms with van der Waals surface area (Å²) in [4.78, 5) is 11.8. The zero-order valence-corrected chi connectivity index (χ0v) is 10.9. The second-order valence-electron chi connectivity index (χ2n) is 4.95. The van der Waals surface area contributed by atoms with Gasteiger partial charge in [0.15, 0.2) is 0 Å². The number of hydrogen-bond donors (Lipinski definition) is 2. The lowest BCUT2D eigenvalue weighted by Crippen LogP contribution is -2.50. The quantitative estimate of drug-likeness (QED) is 0.854. The van der Waals surface area contributed by atoms with Gasteiger partial charge in [-0.2, -0.15) is 0 Å². The molecule has 0 bridgehead atoms. The molecule has 1 aliphatic heterocycles. The molecule has 0 aliphatic carbocycles. The molecule has 4 nitrogen and oxygen atoms in total. The number of rotatable bonds is 4. The molecule has 1 amide bonds. The highest BCUT2D eigenvalue weighted by molar-refractivity contribution is 5.92. The van der Waals surface area contributed by atoms with Gasteiger partial charge in [-0.15, -0.1) is 0 Å². The molecule has 98 valence electrons. The minimum atomic E-state index is -0.103. The van der Waals surface area contributed by atoms with E-state index in [0.29, 0.717) is 6.54 Å². The van der Waals surface area contributed by atoms with Gasteiger partial charge in [-0.1, -0.05) is 18.2 Å². The van der Waals surface area contributed by atoms with E-state index >= 15 is 0 Å². The Morgan fingerprint density at radius 2 is 2.17 bits per heavy atom. The third-order valence-electron chi connectivity index (χ3n) is 3.60. The van der Waals surface area contributed by atoms with E-state index in [2.05, 4.69) is 17.6 Å². The zero-order chi connectivity index (χ0) is 13.0. The maximum Gasteiger partial charge on any atom is 0.238 e. The Kier molecular flexibility index (Phi) is 3.99. The second kappa shape index (κ2) is 5.50. The predicted molar refractivity (Wildman–Crippen MR) is 71.5 cm³/mol. The van der Waals surface area contributed by atoms with Crippen LogP contribution in [0.15, 0.2) is 30.3 Å². The van der Waals surface area contributed by atoms with E-state index in [-0.39, 0.29) is 17.6 Å². The summed E-state index contributed by atoms with van der Waals surface area (Å²) in [5.74, 6) is -0.0264. The van der Waals surface area contributed by atoms with Crippen molar-refractivity contribution in [2.24, 2.45) is 0 Å². The summed E-state index contributed by atoms with van der Waals surface area (Å²) in [7, 11) is 0. The maximum atomic E-state index is 11.8. The van der Waals surface area contributed by atoms with Crippen molar-refractivity contribution in [3.8, 4) is 0 Å². The Bertz CT molecular complexity index is 408. The normalized spacial score (nSPS) is 27.1. The van der Waals surface area contributed by atoms with Gasteiger partial charge in [-0.25, -0.2) is 0 Å². The first-order chi connectivity index (χ1) is 8.60. The Morgan fingerprint density at radius 1 is 1.44 bits per heavy atom. The SMILES string of the molecule is CC1OCCC1(C)NCC(=O)Nc1ccccc1. The fourth-order valence-electron chi connectivity index (χ4n) is 2.08. The molecule has 1 aromatic carbocycles. The summed E-state index contributed by atoms with van der Waals surface area (Å²) in [5.41, 5.74) is 0.721. The molecule has 1 aliphatic rings. The predicted octanol–water partition coefficient (Wildman–Crippen LogP) is 1.78. The number of benzene rings is 1. The molecule has 0 spiro atoms. The van der Waals surface area contributed by atoms with Gasteiger partial charge in [-0.05, 0) is 32.4 Å². The van der Waals surface area contributed by atoms with Crippen molar-refractivity contribution in [1.29, 1.82) is 0 Å². The molecular formula is C14H20N2O2. The summed E-state index contributed by atoms with van der Waals surface area (Å²) >= 11 is 0. The molecule has 2 unspecified atom stereocenters. The van der Waals surface area contributed by atoms with Crippen molar-refractivity contribution in [2.45, 2.75) is 31.9 Å². The Balaban J connectivity index is 1.82. The molecule has 1 heterocycles. The van der Waals surface area contributed by atoms with Crippen molar-refractivity contribution < 1.29 is 9.53 Å². The Labute approximate surface area is 108 Å². The summed E-state index contributed by atoms with van der Waals surface area (Å²) in [6.45, 7) is 5.19. The van der Waals surface area contributed by atoms with E-state index in [4.69, 9.17) is 4.74 Å². The molecule has 4 heteroatoms. The van der Waals surface area contributed by atoms with E-state index in [9.17, 15) is 4.79 Å². The number of para-hydroxylation sites is 1. The number of nitrogens with one attached hydrogen (secondary N) is 2. The van der Waals surface area contributed by atoms with E-state index in [1.807, 2.05) is 37.3 Å². The second-order valence-corrected chi connectivity index (χ2v) is 4.95. The van der Waals surface area contributed by atoms with Gasteiger partial charge < -0.3 is 15.4 Å². The molecule has 18 heavy (non-hydrogen) atoms.